The summed E-state index contributed by atoms with van der Waals surface area (Å²) in [5, 5.41) is 7.76. The monoisotopic (exact) mass is 451 g/mol. The maximum atomic E-state index is 12.8. The Hall–Kier alpha value is -3.58. The quantitative estimate of drug-likeness (QED) is 0.535. The second kappa shape index (κ2) is 9.28. The Morgan fingerprint density at radius 2 is 1.88 bits per heavy atom. The third-order valence-corrected chi connectivity index (χ3v) is 5.51. The average molecular weight is 452 g/mol. The Balaban J connectivity index is 1.55. The molecule has 0 spiro atoms. The van der Waals surface area contributed by atoms with Crippen LogP contribution >= 0.6 is 11.6 Å². The number of methoxy groups -OCH3 is 1. The molecule has 7 nitrogen and oxygen atoms in total. The maximum Gasteiger partial charge on any atom is 0.291 e. The van der Waals surface area contributed by atoms with Crippen molar-refractivity contribution in [1.29, 1.82) is 0 Å². The maximum absolute atomic E-state index is 12.8. The Kier molecular flexibility index (Phi) is 6.28. The number of furan rings is 1. The summed E-state index contributed by atoms with van der Waals surface area (Å²) < 4.78 is 11.1. The topological polar surface area (TPSA) is 92.9 Å². The number of carbonyl (C=O) groups excluding carboxylic acids is 2. The Morgan fingerprint density at radius 3 is 2.62 bits per heavy atom. The van der Waals surface area contributed by atoms with Crippen molar-refractivity contribution >= 4 is 34.8 Å². The molecule has 0 radical (unpaired) electrons. The molecule has 1 heterocycles. The smallest absolute Gasteiger partial charge is 0.291 e. The van der Waals surface area contributed by atoms with Gasteiger partial charge in [0, 0.05) is 33.8 Å². The summed E-state index contributed by atoms with van der Waals surface area (Å²) in [6.07, 6.45) is 2.18. The van der Waals surface area contributed by atoms with Gasteiger partial charge in [-0.15, -0.1) is 0 Å². The summed E-state index contributed by atoms with van der Waals surface area (Å²) in [4.78, 5) is 25.3. The summed E-state index contributed by atoms with van der Waals surface area (Å²) in [6, 6.07) is 13.7. The van der Waals surface area contributed by atoms with Crippen molar-refractivity contribution in [3.05, 3.63) is 81.8 Å². The van der Waals surface area contributed by atoms with Gasteiger partial charge in [0.2, 0.25) is 0 Å². The number of amides is 2. The molecular weight excluding hydrogens is 430 g/mol. The first-order chi connectivity index (χ1) is 15.5. The van der Waals surface area contributed by atoms with E-state index in [4.69, 9.17) is 20.8 Å². The largest absolute Gasteiger partial charge is 0.497 e. The number of hydrazone groups is 1. The molecule has 0 fully saturated rings. The zero-order chi connectivity index (χ0) is 22.7. The lowest BCUT2D eigenvalue weighted by molar-refractivity contribution is 0.0953. The molecule has 3 aromatic rings. The fourth-order valence-electron chi connectivity index (χ4n) is 3.66. The summed E-state index contributed by atoms with van der Waals surface area (Å²) in [6.45, 7) is 1.82. The van der Waals surface area contributed by atoms with Gasteiger partial charge in [-0.1, -0.05) is 17.7 Å². The van der Waals surface area contributed by atoms with Crippen LogP contribution in [0.2, 0.25) is 5.02 Å². The van der Waals surface area contributed by atoms with Crippen molar-refractivity contribution in [2.24, 2.45) is 5.10 Å². The van der Waals surface area contributed by atoms with E-state index in [2.05, 4.69) is 15.8 Å². The molecule has 0 unspecified atom stereocenters. The van der Waals surface area contributed by atoms with Crippen molar-refractivity contribution in [2.45, 2.75) is 26.2 Å². The van der Waals surface area contributed by atoms with Crippen LogP contribution in [0.4, 0.5) is 5.69 Å². The average Bonchev–Trinajstić information content (AvgIpc) is 3.16. The lowest BCUT2D eigenvalue weighted by atomic mass is 9.93. The van der Waals surface area contributed by atoms with Crippen LogP contribution < -0.4 is 15.5 Å². The second-order valence-corrected chi connectivity index (χ2v) is 7.84. The van der Waals surface area contributed by atoms with Crippen LogP contribution in [0.3, 0.4) is 0 Å². The van der Waals surface area contributed by atoms with Gasteiger partial charge in [0.25, 0.3) is 11.8 Å². The fourth-order valence-corrected chi connectivity index (χ4v) is 3.79. The molecule has 2 aromatic carbocycles. The number of nitrogens with one attached hydrogen (secondary N) is 2. The Labute approximate surface area is 190 Å². The van der Waals surface area contributed by atoms with E-state index in [-0.39, 0.29) is 17.6 Å². The van der Waals surface area contributed by atoms with Gasteiger partial charge >= 0.3 is 0 Å². The zero-order valence-corrected chi connectivity index (χ0v) is 18.5. The number of rotatable bonds is 5. The Morgan fingerprint density at radius 1 is 1.09 bits per heavy atom. The van der Waals surface area contributed by atoms with Crippen LogP contribution in [0.25, 0.3) is 0 Å². The molecule has 1 aliphatic rings. The standard InChI is InChI=1S/C24H22ClN3O4/c1-14-21-19(27-28-23(29)15-5-3-6-18(13-15)31-2)7-4-8-20(21)32-22(14)24(30)26-17-11-9-16(25)10-12-17/h3,5-6,9-13H,4,7-8H2,1-2H3,(H,26,30)(H,28,29)/b27-19+. The van der Waals surface area contributed by atoms with Gasteiger partial charge < -0.3 is 14.5 Å². The van der Waals surface area contributed by atoms with Crippen molar-refractivity contribution in [1.82, 2.24) is 5.43 Å². The molecule has 0 bridgehead atoms. The molecule has 0 saturated carbocycles. The summed E-state index contributed by atoms with van der Waals surface area (Å²) in [5.74, 6) is 0.833. The van der Waals surface area contributed by atoms with Gasteiger partial charge in [0.05, 0.1) is 12.8 Å². The zero-order valence-electron chi connectivity index (χ0n) is 17.7. The highest BCUT2D eigenvalue weighted by atomic mass is 35.5. The summed E-state index contributed by atoms with van der Waals surface area (Å²) in [5.41, 5.74) is 5.84. The number of nitrogens with zero attached hydrogens (tertiary/aromatic N) is 1. The van der Waals surface area contributed by atoms with Crippen LogP contribution in [0.1, 0.15) is 50.6 Å². The summed E-state index contributed by atoms with van der Waals surface area (Å²) >= 11 is 5.90. The van der Waals surface area contributed by atoms with Crippen LogP contribution in [0.5, 0.6) is 5.75 Å². The minimum absolute atomic E-state index is 0.235. The third kappa shape index (κ3) is 4.53. The first-order valence-electron chi connectivity index (χ1n) is 10.2. The molecular formula is C24H22ClN3O4. The molecule has 0 saturated heterocycles. The second-order valence-electron chi connectivity index (χ2n) is 7.40. The van der Waals surface area contributed by atoms with E-state index in [9.17, 15) is 9.59 Å². The molecule has 164 valence electrons. The molecule has 0 aliphatic heterocycles. The predicted molar refractivity (Wildman–Crippen MR) is 123 cm³/mol. The molecule has 1 aromatic heterocycles. The van der Waals surface area contributed by atoms with Crippen molar-refractivity contribution in [2.75, 3.05) is 12.4 Å². The molecule has 4 rings (SSSR count). The van der Waals surface area contributed by atoms with Crippen LogP contribution in [0.15, 0.2) is 58.0 Å². The van der Waals surface area contributed by atoms with Gasteiger partial charge in [-0.05, 0) is 62.2 Å². The molecule has 1 aliphatic carbocycles. The minimum atomic E-state index is -0.348. The lowest BCUT2D eigenvalue weighted by Crippen LogP contribution is -2.22. The number of ether oxygens (including phenoxy) is 1. The van der Waals surface area contributed by atoms with E-state index >= 15 is 0 Å². The molecule has 2 N–H and O–H groups in total. The van der Waals surface area contributed by atoms with Gasteiger partial charge in [0.15, 0.2) is 5.76 Å². The Bertz CT molecular complexity index is 1200. The first kappa shape index (κ1) is 21.6. The van der Waals surface area contributed by atoms with E-state index < -0.39 is 0 Å². The number of benzene rings is 2. The lowest BCUT2D eigenvalue weighted by Gasteiger charge is -2.13. The van der Waals surface area contributed by atoms with Crippen LogP contribution in [0, 0.1) is 6.92 Å². The van der Waals surface area contributed by atoms with Crippen LogP contribution in [-0.2, 0) is 6.42 Å². The fraction of sp³-hybridized carbons (Fsp3) is 0.208. The first-order valence-corrected chi connectivity index (χ1v) is 10.5. The highest BCUT2D eigenvalue weighted by Gasteiger charge is 2.28. The van der Waals surface area contributed by atoms with Crippen molar-refractivity contribution < 1.29 is 18.7 Å². The molecule has 32 heavy (non-hydrogen) atoms. The van der Waals surface area contributed by atoms with Gasteiger partial charge in [0.1, 0.15) is 11.5 Å². The van der Waals surface area contributed by atoms with E-state index in [1.807, 2.05) is 6.92 Å². The molecule has 2 amide bonds. The number of halogens is 1. The molecule has 0 atom stereocenters. The van der Waals surface area contributed by atoms with E-state index in [1.54, 1.807) is 55.6 Å². The van der Waals surface area contributed by atoms with Gasteiger partial charge in [-0.2, -0.15) is 5.10 Å². The summed E-state index contributed by atoms with van der Waals surface area (Å²) in [7, 11) is 1.54. The van der Waals surface area contributed by atoms with E-state index in [0.29, 0.717) is 51.9 Å². The highest BCUT2D eigenvalue weighted by molar-refractivity contribution is 6.30. The normalized spacial score (nSPS) is 14.0. The number of hydrogen-bond donors (Lipinski definition) is 2. The van der Waals surface area contributed by atoms with E-state index in [0.717, 1.165) is 12.0 Å². The predicted octanol–water partition coefficient (Wildman–Crippen LogP) is 4.97. The SMILES string of the molecule is COc1cccc(C(=O)N/N=C2\CCCc3oc(C(=O)Nc4ccc(Cl)cc4)c(C)c32)c1. The van der Waals surface area contributed by atoms with Gasteiger partial charge in [-0.25, -0.2) is 5.43 Å². The van der Waals surface area contributed by atoms with Crippen LogP contribution in [-0.4, -0.2) is 24.6 Å². The van der Waals surface area contributed by atoms with Crippen molar-refractivity contribution in [3.63, 3.8) is 0 Å². The number of fused-ring (bicyclic) bond motifs is 1. The highest BCUT2D eigenvalue weighted by Crippen LogP contribution is 2.30. The number of carbonyl (C=O) groups is 2. The number of anilines is 1. The van der Waals surface area contributed by atoms with Crippen molar-refractivity contribution in [3.8, 4) is 5.75 Å². The van der Waals surface area contributed by atoms with Gasteiger partial charge in [-0.3, -0.25) is 9.59 Å². The number of aryl methyl sites for hydroxylation is 1. The minimum Gasteiger partial charge on any atom is -0.497 e. The number of hydrogen-bond acceptors (Lipinski definition) is 5. The van der Waals surface area contributed by atoms with E-state index in [1.165, 1.54) is 0 Å². The third-order valence-electron chi connectivity index (χ3n) is 5.26. The molecule has 8 heteroatoms.